The van der Waals surface area contributed by atoms with Gasteiger partial charge in [0.1, 0.15) is 0 Å². The first-order chi connectivity index (χ1) is 10.8. The van der Waals surface area contributed by atoms with Crippen molar-refractivity contribution in [3.05, 3.63) is 28.3 Å². The number of sulfonamides is 1. The summed E-state index contributed by atoms with van der Waals surface area (Å²) in [5.74, 6) is -1.09. The van der Waals surface area contributed by atoms with E-state index in [1.807, 2.05) is 0 Å². The van der Waals surface area contributed by atoms with Crippen molar-refractivity contribution >= 4 is 15.7 Å². The Morgan fingerprint density at radius 3 is 2.42 bits per heavy atom. The zero-order valence-corrected chi connectivity index (χ0v) is 13.8. The average Bonchev–Trinajstić information content (AvgIpc) is 2.34. The van der Waals surface area contributed by atoms with E-state index in [1.165, 1.54) is 0 Å². The lowest BCUT2D eigenvalue weighted by Crippen LogP contribution is -2.39. The van der Waals surface area contributed by atoms with Gasteiger partial charge in [0.2, 0.25) is 15.8 Å². The van der Waals surface area contributed by atoms with Crippen LogP contribution in [0.5, 0.6) is 5.75 Å². The predicted octanol–water partition coefficient (Wildman–Crippen LogP) is 1.72. The third-order valence-electron chi connectivity index (χ3n) is 2.66. The topological polar surface area (TPSA) is 102 Å². The lowest BCUT2D eigenvalue weighted by molar-refractivity contribution is -0.388. The van der Waals surface area contributed by atoms with E-state index in [2.05, 4.69) is 9.46 Å². The molecule has 0 saturated heterocycles. The van der Waals surface area contributed by atoms with Gasteiger partial charge in [-0.3, -0.25) is 10.1 Å². The summed E-state index contributed by atoms with van der Waals surface area (Å²) in [6.45, 7) is 1.93. The normalized spacial score (nSPS) is 13.8. The van der Waals surface area contributed by atoms with Crippen LogP contribution in [0.25, 0.3) is 0 Å². The van der Waals surface area contributed by atoms with Crippen LogP contribution in [-0.2, 0) is 10.0 Å². The fraction of sp³-hybridized carbons (Fsp3) is 0.500. The molecule has 12 heteroatoms. The number of nitrogens with zero attached hydrogens (tertiary/aromatic N) is 2. The van der Waals surface area contributed by atoms with Crippen LogP contribution in [-0.4, -0.2) is 51.3 Å². The third-order valence-corrected chi connectivity index (χ3v) is 4.25. The largest absolute Gasteiger partial charge is 0.573 e. The molecule has 1 aromatic rings. The summed E-state index contributed by atoms with van der Waals surface area (Å²) < 4.78 is 66.9. The van der Waals surface area contributed by atoms with Gasteiger partial charge in [0.05, 0.1) is 9.82 Å². The molecule has 1 rings (SSSR count). The lowest BCUT2D eigenvalue weighted by atomic mass is 10.3. The van der Waals surface area contributed by atoms with Crippen molar-refractivity contribution in [2.24, 2.45) is 0 Å². The van der Waals surface area contributed by atoms with E-state index in [9.17, 15) is 31.7 Å². The van der Waals surface area contributed by atoms with Gasteiger partial charge in [0, 0.05) is 18.7 Å². The van der Waals surface area contributed by atoms with Gasteiger partial charge in [-0.15, -0.1) is 13.2 Å². The highest BCUT2D eigenvalue weighted by molar-refractivity contribution is 7.89. The Labute approximate surface area is 136 Å². The molecule has 0 aliphatic heterocycles. The molecule has 0 saturated carbocycles. The molecule has 0 unspecified atom stereocenters. The van der Waals surface area contributed by atoms with Gasteiger partial charge in [-0.05, 0) is 33.2 Å². The number of hydrogen-bond donors (Lipinski definition) is 1. The predicted molar refractivity (Wildman–Crippen MR) is 78.1 cm³/mol. The quantitative estimate of drug-likeness (QED) is 0.578. The second-order valence-corrected chi connectivity index (χ2v) is 6.93. The van der Waals surface area contributed by atoms with E-state index in [-0.39, 0.29) is 0 Å². The smallest absolute Gasteiger partial charge is 0.398 e. The summed E-state index contributed by atoms with van der Waals surface area (Å²) in [5, 5.41) is 10.9. The van der Waals surface area contributed by atoms with Crippen LogP contribution in [0.2, 0.25) is 0 Å². The maximum atomic E-state index is 12.2. The van der Waals surface area contributed by atoms with Gasteiger partial charge in [-0.1, -0.05) is 0 Å². The Morgan fingerprint density at radius 2 is 1.96 bits per heavy atom. The van der Waals surface area contributed by atoms with E-state index in [0.717, 1.165) is 6.07 Å². The molecule has 0 heterocycles. The molecular weight excluding hydrogens is 355 g/mol. The number of likely N-dealkylation sites (N-methyl/N-ethyl adjacent to an activating group) is 1. The Bertz CT molecular complexity index is 706. The van der Waals surface area contributed by atoms with Crippen LogP contribution in [0.1, 0.15) is 6.92 Å². The van der Waals surface area contributed by atoms with Crippen LogP contribution in [0.4, 0.5) is 18.9 Å². The Hall–Kier alpha value is -1.92. The number of nitro groups is 1. The fourth-order valence-electron chi connectivity index (χ4n) is 1.94. The number of halogens is 3. The van der Waals surface area contributed by atoms with Crippen LogP contribution in [0.15, 0.2) is 23.1 Å². The highest BCUT2D eigenvalue weighted by Gasteiger charge is 2.35. The maximum Gasteiger partial charge on any atom is 0.573 e. The van der Waals surface area contributed by atoms with E-state index in [0.29, 0.717) is 18.7 Å². The number of rotatable bonds is 7. The molecule has 0 fully saturated rings. The number of benzene rings is 1. The molecule has 0 aliphatic rings. The maximum absolute atomic E-state index is 12.2. The SMILES string of the molecule is C[C@H](CN(C)C)NS(=O)(=O)c1ccc(OC(F)(F)F)c([N+](=O)[O-])c1. The summed E-state index contributed by atoms with van der Waals surface area (Å²) in [6, 6.07) is 1.40. The molecule has 8 nitrogen and oxygen atoms in total. The molecular formula is C12H16F3N3O5S. The lowest BCUT2D eigenvalue weighted by Gasteiger charge is -2.18. The van der Waals surface area contributed by atoms with E-state index in [4.69, 9.17) is 0 Å². The van der Waals surface area contributed by atoms with Gasteiger partial charge in [0.25, 0.3) is 0 Å². The average molecular weight is 371 g/mol. The summed E-state index contributed by atoms with van der Waals surface area (Å²) in [6.07, 6.45) is -5.14. The monoisotopic (exact) mass is 371 g/mol. The van der Waals surface area contributed by atoms with E-state index in [1.54, 1.807) is 25.9 Å². The molecule has 0 amide bonds. The summed E-state index contributed by atoms with van der Waals surface area (Å²) in [5.41, 5.74) is -1.10. The Balaban J connectivity index is 3.17. The highest BCUT2D eigenvalue weighted by atomic mass is 32.2. The van der Waals surface area contributed by atoms with Crippen LogP contribution >= 0.6 is 0 Å². The summed E-state index contributed by atoms with van der Waals surface area (Å²) >= 11 is 0. The number of ether oxygens (including phenoxy) is 1. The first-order valence-electron chi connectivity index (χ1n) is 6.53. The van der Waals surface area contributed by atoms with Crippen molar-refractivity contribution in [3.8, 4) is 5.75 Å². The second-order valence-electron chi connectivity index (χ2n) is 5.22. The molecule has 0 aliphatic carbocycles. The van der Waals surface area contributed by atoms with Crippen molar-refractivity contribution in [2.45, 2.75) is 24.2 Å². The van der Waals surface area contributed by atoms with Gasteiger partial charge >= 0.3 is 12.0 Å². The molecule has 1 aromatic carbocycles. The van der Waals surface area contributed by atoms with Crippen LogP contribution in [0, 0.1) is 10.1 Å². The number of nitro benzene ring substituents is 1. The Morgan fingerprint density at radius 1 is 1.38 bits per heavy atom. The van der Waals surface area contributed by atoms with Gasteiger partial charge < -0.3 is 9.64 Å². The fourth-order valence-corrected chi connectivity index (χ4v) is 3.19. The van der Waals surface area contributed by atoms with Crippen molar-refractivity contribution in [3.63, 3.8) is 0 Å². The highest BCUT2D eigenvalue weighted by Crippen LogP contribution is 2.33. The molecule has 136 valence electrons. The molecule has 1 atom stereocenters. The number of nitrogens with one attached hydrogen (secondary N) is 1. The molecule has 0 spiro atoms. The zero-order valence-electron chi connectivity index (χ0n) is 13.0. The molecule has 0 radical (unpaired) electrons. The van der Waals surface area contributed by atoms with Crippen LogP contribution < -0.4 is 9.46 Å². The number of alkyl halides is 3. The number of hydrogen-bond acceptors (Lipinski definition) is 6. The summed E-state index contributed by atoms with van der Waals surface area (Å²) in [4.78, 5) is 10.9. The molecule has 0 aromatic heterocycles. The second kappa shape index (κ2) is 7.32. The van der Waals surface area contributed by atoms with E-state index < -0.39 is 43.7 Å². The van der Waals surface area contributed by atoms with Gasteiger partial charge in [0.15, 0.2) is 0 Å². The summed E-state index contributed by atoms with van der Waals surface area (Å²) in [7, 11) is -0.697. The molecule has 0 bridgehead atoms. The first kappa shape index (κ1) is 20.1. The van der Waals surface area contributed by atoms with Crippen LogP contribution in [0.3, 0.4) is 0 Å². The van der Waals surface area contributed by atoms with E-state index >= 15 is 0 Å². The van der Waals surface area contributed by atoms with Crippen molar-refractivity contribution < 1.29 is 31.2 Å². The van der Waals surface area contributed by atoms with Crippen molar-refractivity contribution in [1.82, 2.24) is 9.62 Å². The standard InChI is InChI=1S/C12H16F3N3O5S/c1-8(7-17(2)3)16-24(21,22)9-4-5-11(23-12(13,14)15)10(6-9)18(19)20/h4-6,8,16H,7H2,1-3H3/t8-/m1/s1. The van der Waals surface area contributed by atoms with Gasteiger partial charge in [-0.2, -0.15) is 0 Å². The minimum Gasteiger partial charge on any atom is -0.398 e. The first-order valence-corrected chi connectivity index (χ1v) is 8.01. The third kappa shape index (κ3) is 5.94. The minimum atomic E-state index is -5.14. The van der Waals surface area contributed by atoms with Crippen molar-refractivity contribution in [2.75, 3.05) is 20.6 Å². The Kier molecular flexibility index (Phi) is 6.14. The zero-order chi connectivity index (χ0) is 18.7. The molecule has 24 heavy (non-hydrogen) atoms. The minimum absolute atomic E-state index is 0.358. The molecule has 1 N–H and O–H groups in total. The van der Waals surface area contributed by atoms with Crippen molar-refractivity contribution in [1.29, 1.82) is 0 Å². The van der Waals surface area contributed by atoms with Gasteiger partial charge in [-0.25, -0.2) is 13.1 Å².